The Labute approximate surface area is 169 Å². The molecule has 0 aliphatic carbocycles. The van der Waals surface area contributed by atoms with Crippen molar-refractivity contribution in [1.29, 1.82) is 0 Å². The summed E-state index contributed by atoms with van der Waals surface area (Å²) in [5.41, 5.74) is 1.23. The molecule has 0 atom stereocenters. The number of ether oxygens (including phenoxy) is 3. The van der Waals surface area contributed by atoms with Crippen LogP contribution in [0.4, 0.5) is 0 Å². The van der Waals surface area contributed by atoms with Crippen LogP contribution in [0, 0.1) is 6.92 Å². The molecule has 0 spiro atoms. The number of esters is 1. The highest BCUT2D eigenvalue weighted by Crippen LogP contribution is 2.30. The Morgan fingerprint density at radius 2 is 1.69 bits per heavy atom. The molecular weight excluding hydrogens is 398 g/mol. The molecule has 1 aliphatic heterocycles. The molecule has 29 heavy (non-hydrogen) atoms. The van der Waals surface area contributed by atoms with E-state index in [0.717, 1.165) is 9.87 Å². The first-order valence-electron chi connectivity index (χ1n) is 8.89. The van der Waals surface area contributed by atoms with Crippen molar-refractivity contribution in [2.45, 2.75) is 11.8 Å². The average molecular weight is 419 g/mol. The molecule has 0 saturated carbocycles. The van der Waals surface area contributed by atoms with Gasteiger partial charge >= 0.3 is 5.97 Å². The Morgan fingerprint density at radius 1 is 1.03 bits per heavy atom. The standard InChI is InChI=1S/C20H21NO7S/c1-14-3-6-16(7-4-14)29(24,25)21(2)12-20(23)28-13-17(22)15-5-8-18-19(11-15)27-10-9-26-18/h3-8,11H,9-10,12-13H2,1-2H3. The first-order valence-corrected chi connectivity index (χ1v) is 10.3. The number of sulfonamides is 1. The van der Waals surface area contributed by atoms with Crippen LogP contribution in [0.25, 0.3) is 0 Å². The SMILES string of the molecule is Cc1ccc(S(=O)(=O)N(C)CC(=O)OCC(=O)c2ccc3c(c2)OCCO3)cc1. The number of carbonyl (C=O) groups is 2. The van der Waals surface area contributed by atoms with Crippen molar-refractivity contribution in [1.82, 2.24) is 4.31 Å². The second kappa shape index (κ2) is 8.62. The third-order valence-corrected chi connectivity index (χ3v) is 6.13. The molecule has 154 valence electrons. The second-order valence-corrected chi connectivity index (χ2v) is 8.56. The van der Waals surface area contributed by atoms with Gasteiger partial charge in [0.25, 0.3) is 0 Å². The van der Waals surface area contributed by atoms with E-state index in [1.165, 1.54) is 25.2 Å². The van der Waals surface area contributed by atoms with E-state index in [0.29, 0.717) is 30.3 Å². The van der Waals surface area contributed by atoms with Crippen LogP contribution in [0.5, 0.6) is 11.5 Å². The summed E-state index contributed by atoms with van der Waals surface area (Å²) in [4.78, 5) is 24.4. The number of carbonyl (C=O) groups excluding carboxylic acids is 2. The zero-order valence-electron chi connectivity index (χ0n) is 16.1. The maximum Gasteiger partial charge on any atom is 0.321 e. The number of hydrogen-bond acceptors (Lipinski definition) is 7. The number of Topliss-reactive ketones (excluding diaryl/α,β-unsaturated/α-hetero) is 1. The third kappa shape index (κ3) is 4.93. The van der Waals surface area contributed by atoms with Crippen LogP contribution in [0.3, 0.4) is 0 Å². The van der Waals surface area contributed by atoms with Gasteiger partial charge in [-0.25, -0.2) is 8.42 Å². The van der Waals surface area contributed by atoms with E-state index in [2.05, 4.69) is 0 Å². The Kier molecular flexibility index (Phi) is 6.19. The van der Waals surface area contributed by atoms with Crippen molar-refractivity contribution < 1.29 is 32.2 Å². The van der Waals surface area contributed by atoms with Crippen LogP contribution in [-0.4, -0.2) is 57.9 Å². The first-order chi connectivity index (χ1) is 13.8. The molecule has 2 aromatic rings. The lowest BCUT2D eigenvalue weighted by molar-refractivity contribution is -0.142. The fourth-order valence-corrected chi connectivity index (χ4v) is 3.76. The molecule has 3 rings (SSSR count). The van der Waals surface area contributed by atoms with Crippen molar-refractivity contribution in [2.75, 3.05) is 33.4 Å². The van der Waals surface area contributed by atoms with Crippen molar-refractivity contribution in [3.05, 3.63) is 53.6 Å². The van der Waals surface area contributed by atoms with Gasteiger partial charge in [0.2, 0.25) is 10.0 Å². The zero-order valence-corrected chi connectivity index (χ0v) is 16.9. The van der Waals surface area contributed by atoms with Gasteiger partial charge in [-0.15, -0.1) is 0 Å². The van der Waals surface area contributed by atoms with Gasteiger partial charge in [-0.2, -0.15) is 4.31 Å². The Hall–Kier alpha value is -2.91. The van der Waals surface area contributed by atoms with E-state index < -0.39 is 34.9 Å². The van der Waals surface area contributed by atoms with Crippen molar-refractivity contribution >= 4 is 21.8 Å². The van der Waals surface area contributed by atoms with Gasteiger partial charge in [0.05, 0.1) is 4.90 Å². The molecule has 8 nitrogen and oxygen atoms in total. The summed E-state index contributed by atoms with van der Waals surface area (Å²) in [5.74, 6) is -0.251. The molecule has 0 amide bonds. The number of rotatable bonds is 7. The van der Waals surface area contributed by atoms with Gasteiger partial charge < -0.3 is 14.2 Å². The first kappa shape index (κ1) is 20.8. The molecule has 0 N–H and O–H groups in total. The van der Waals surface area contributed by atoms with Crippen LogP contribution >= 0.6 is 0 Å². The molecule has 0 saturated heterocycles. The second-order valence-electron chi connectivity index (χ2n) is 6.52. The highest BCUT2D eigenvalue weighted by Gasteiger charge is 2.24. The van der Waals surface area contributed by atoms with E-state index >= 15 is 0 Å². The smallest absolute Gasteiger partial charge is 0.321 e. The highest BCUT2D eigenvalue weighted by atomic mass is 32.2. The van der Waals surface area contributed by atoms with Gasteiger partial charge in [0, 0.05) is 12.6 Å². The molecule has 1 heterocycles. The van der Waals surface area contributed by atoms with Crippen LogP contribution < -0.4 is 9.47 Å². The van der Waals surface area contributed by atoms with E-state index in [4.69, 9.17) is 14.2 Å². The molecule has 2 aromatic carbocycles. The fourth-order valence-electron chi connectivity index (χ4n) is 2.65. The molecule has 0 aromatic heterocycles. The van der Waals surface area contributed by atoms with Gasteiger partial charge in [-0.05, 0) is 37.3 Å². The molecule has 0 bridgehead atoms. The van der Waals surface area contributed by atoms with Crippen LogP contribution in [0.15, 0.2) is 47.4 Å². The molecule has 9 heteroatoms. The normalized spacial score (nSPS) is 13.2. The molecule has 0 radical (unpaired) electrons. The van der Waals surface area contributed by atoms with Crippen LogP contribution in [0.1, 0.15) is 15.9 Å². The monoisotopic (exact) mass is 419 g/mol. The minimum atomic E-state index is -3.83. The highest BCUT2D eigenvalue weighted by molar-refractivity contribution is 7.89. The predicted octanol–water partition coefficient (Wildman–Crippen LogP) is 1.81. The summed E-state index contributed by atoms with van der Waals surface area (Å²) in [6.07, 6.45) is 0. The lowest BCUT2D eigenvalue weighted by Crippen LogP contribution is -2.33. The lowest BCUT2D eigenvalue weighted by atomic mass is 10.1. The topological polar surface area (TPSA) is 99.2 Å². The van der Waals surface area contributed by atoms with Gasteiger partial charge in [0.1, 0.15) is 19.8 Å². The lowest BCUT2D eigenvalue weighted by Gasteiger charge is -2.18. The summed E-state index contributed by atoms with van der Waals surface area (Å²) in [6.45, 7) is 1.66. The molecule has 1 aliphatic rings. The third-order valence-electron chi connectivity index (χ3n) is 4.31. The Morgan fingerprint density at radius 3 is 2.38 bits per heavy atom. The van der Waals surface area contributed by atoms with Crippen molar-refractivity contribution in [3.63, 3.8) is 0 Å². The largest absolute Gasteiger partial charge is 0.486 e. The quantitative estimate of drug-likeness (QED) is 0.498. The number of nitrogens with zero attached hydrogens (tertiary/aromatic N) is 1. The number of aryl methyl sites for hydroxylation is 1. The molecule has 0 fully saturated rings. The van der Waals surface area contributed by atoms with E-state index in [1.54, 1.807) is 24.3 Å². The number of hydrogen-bond donors (Lipinski definition) is 0. The zero-order chi connectivity index (χ0) is 21.0. The van der Waals surface area contributed by atoms with E-state index in [9.17, 15) is 18.0 Å². The van der Waals surface area contributed by atoms with E-state index in [-0.39, 0.29) is 4.90 Å². The summed E-state index contributed by atoms with van der Waals surface area (Å²) in [7, 11) is -2.56. The van der Waals surface area contributed by atoms with Gasteiger partial charge in [-0.1, -0.05) is 17.7 Å². The van der Waals surface area contributed by atoms with Gasteiger partial charge in [0.15, 0.2) is 23.9 Å². The van der Waals surface area contributed by atoms with Crippen LogP contribution in [-0.2, 0) is 19.6 Å². The number of likely N-dealkylation sites (N-methyl/N-ethyl adjacent to an activating group) is 1. The fraction of sp³-hybridized carbons (Fsp3) is 0.300. The van der Waals surface area contributed by atoms with Crippen molar-refractivity contribution in [3.8, 4) is 11.5 Å². The summed E-state index contributed by atoms with van der Waals surface area (Å²) in [6, 6.07) is 11.0. The minimum Gasteiger partial charge on any atom is -0.486 e. The summed E-state index contributed by atoms with van der Waals surface area (Å²) >= 11 is 0. The van der Waals surface area contributed by atoms with Crippen LogP contribution in [0.2, 0.25) is 0 Å². The minimum absolute atomic E-state index is 0.0748. The van der Waals surface area contributed by atoms with Gasteiger partial charge in [-0.3, -0.25) is 9.59 Å². The Bertz CT molecular complexity index is 1020. The molecular formula is C20H21NO7S. The number of fused-ring (bicyclic) bond motifs is 1. The van der Waals surface area contributed by atoms with E-state index in [1.807, 2.05) is 6.92 Å². The summed E-state index contributed by atoms with van der Waals surface area (Å²) in [5, 5.41) is 0. The maximum absolute atomic E-state index is 12.5. The maximum atomic E-state index is 12.5. The summed E-state index contributed by atoms with van der Waals surface area (Å²) < 4.78 is 41.7. The Balaban J connectivity index is 1.56. The average Bonchev–Trinajstić information content (AvgIpc) is 2.71. The number of benzene rings is 2. The van der Waals surface area contributed by atoms with Crippen molar-refractivity contribution in [2.24, 2.45) is 0 Å². The molecule has 0 unspecified atom stereocenters. The predicted molar refractivity (Wildman–Crippen MR) is 104 cm³/mol. The number of ketones is 1.